The fourth-order valence-electron chi connectivity index (χ4n) is 2.22. The van der Waals surface area contributed by atoms with Crippen LogP contribution in [0.15, 0.2) is 41.5 Å². The molecule has 1 aromatic carbocycles. The molecule has 2 heterocycles. The maximum atomic E-state index is 12.4. The quantitative estimate of drug-likeness (QED) is 0.717. The summed E-state index contributed by atoms with van der Waals surface area (Å²) in [6, 6.07) is 6.75. The van der Waals surface area contributed by atoms with Crippen LogP contribution < -0.4 is 15.6 Å². The van der Waals surface area contributed by atoms with E-state index in [9.17, 15) is 9.59 Å². The molecule has 0 aliphatic rings. The van der Waals surface area contributed by atoms with E-state index in [4.69, 9.17) is 16.3 Å². The Morgan fingerprint density at radius 2 is 2.04 bits per heavy atom. The van der Waals surface area contributed by atoms with Gasteiger partial charge in [0.15, 0.2) is 11.4 Å². The maximum Gasteiger partial charge on any atom is 0.293 e. The Kier molecular flexibility index (Phi) is 4.45. The van der Waals surface area contributed by atoms with Gasteiger partial charge in [-0.2, -0.15) is 0 Å². The number of rotatable bonds is 5. The summed E-state index contributed by atoms with van der Waals surface area (Å²) in [4.78, 5) is 26.6. The molecule has 3 aromatic rings. The summed E-state index contributed by atoms with van der Waals surface area (Å²) in [5.41, 5.74) is -1.28. The van der Waals surface area contributed by atoms with Crippen molar-refractivity contribution in [3.05, 3.63) is 57.9 Å². The molecule has 1 amide bonds. The molecule has 0 fully saturated rings. The number of amides is 1. The van der Waals surface area contributed by atoms with Gasteiger partial charge >= 0.3 is 0 Å². The van der Waals surface area contributed by atoms with E-state index in [1.807, 2.05) is 0 Å². The van der Waals surface area contributed by atoms with E-state index in [2.05, 4.69) is 20.5 Å². The fraction of sp³-hybridized carbons (Fsp3) is 0.250. The number of H-pyrrole nitrogens is 1. The largest absolute Gasteiger partial charge is 0.478 e. The summed E-state index contributed by atoms with van der Waals surface area (Å²) in [7, 11) is 0. The minimum absolute atomic E-state index is 0.108. The van der Waals surface area contributed by atoms with Crippen LogP contribution in [-0.4, -0.2) is 31.1 Å². The van der Waals surface area contributed by atoms with Crippen molar-refractivity contribution in [3.63, 3.8) is 0 Å². The molecule has 3 rings (SSSR count). The molecule has 9 heteroatoms. The van der Waals surface area contributed by atoms with Crippen LogP contribution in [0.1, 0.15) is 19.7 Å². The average Bonchev–Trinajstić information content (AvgIpc) is 2.99. The predicted molar refractivity (Wildman–Crippen MR) is 91.6 cm³/mol. The number of benzene rings is 1. The van der Waals surface area contributed by atoms with Crippen molar-refractivity contribution < 1.29 is 9.53 Å². The maximum absolute atomic E-state index is 12.4. The number of aromatic amines is 1. The van der Waals surface area contributed by atoms with Gasteiger partial charge in [0.05, 0.1) is 6.54 Å². The van der Waals surface area contributed by atoms with Crippen LogP contribution in [0.2, 0.25) is 5.02 Å². The van der Waals surface area contributed by atoms with E-state index in [0.717, 1.165) is 0 Å². The lowest BCUT2D eigenvalue weighted by Crippen LogP contribution is -2.46. The highest BCUT2D eigenvalue weighted by Gasteiger charge is 2.30. The van der Waals surface area contributed by atoms with Crippen LogP contribution in [-0.2, 0) is 11.3 Å². The molecule has 0 unspecified atom stereocenters. The highest BCUT2D eigenvalue weighted by molar-refractivity contribution is 6.30. The number of ether oxygens (including phenoxy) is 1. The lowest BCUT2D eigenvalue weighted by molar-refractivity contribution is -0.134. The lowest BCUT2D eigenvalue weighted by Gasteiger charge is -2.25. The monoisotopic (exact) mass is 361 g/mol. The Morgan fingerprint density at radius 3 is 2.76 bits per heavy atom. The Balaban J connectivity index is 1.69. The second kappa shape index (κ2) is 6.56. The molecule has 0 aliphatic carbocycles. The Morgan fingerprint density at radius 1 is 1.32 bits per heavy atom. The molecule has 130 valence electrons. The third-order valence-corrected chi connectivity index (χ3v) is 3.80. The molecule has 0 aliphatic heterocycles. The van der Waals surface area contributed by atoms with E-state index in [-0.39, 0.29) is 23.7 Å². The number of nitrogens with one attached hydrogen (secondary N) is 2. The first-order valence-electron chi connectivity index (χ1n) is 7.51. The van der Waals surface area contributed by atoms with E-state index in [0.29, 0.717) is 16.6 Å². The second-order valence-corrected chi connectivity index (χ2v) is 6.28. The average molecular weight is 362 g/mol. The van der Waals surface area contributed by atoms with Crippen molar-refractivity contribution in [1.82, 2.24) is 24.9 Å². The topological polar surface area (TPSA) is 101 Å². The first-order valence-corrected chi connectivity index (χ1v) is 7.89. The van der Waals surface area contributed by atoms with Gasteiger partial charge in [0.2, 0.25) is 5.65 Å². The van der Waals surface area contributed by atoms with Crippen molar-refractivity contribution >= 4 is 23.2 Å². The summed E-state index contributed by atoms with van der Waals surface area (Å²) >= 11 is 5.84. The molecular formula is C16H16ClN5O3. The molecule has 0 spiro atoms. The highest BCUT2D eigenvalue weighted by atomic mass is 35.5. The number of carbonyl (C=O) groups excluding carboxylic acids is 1. The van der Waals surface area contributed by atoms with Gasteiger partial charge in [-0.25, -0.2) is 0 Å². The van der Waals surface area contributed by atoms with Gasteiger partial charge in [-0.1, -0.05) is 11.6 Å². The minimum Gasteiger partial charge on any atom is -0.478 e. The van der Waals surface area contributed by atoms with Crippen LogP contribution in [0.5, 0.6) is 5.75 Å². The van der Waals surface area contributed by atoms with E-state index < -0.39 is 5.60 Å². The molecule has 8 nitrogen and oxygen atoms in total. The van der Waals surface area contributed by atoms with Crippen LogP contribution in [0.4, 0.5) is 0 Å². The number of aromatic nitrogens is 4. The van der Waals surface area contributed by atoms with Crippen molar-refractivity contribution in [3.8, 4) is 5.75 Å². The van der Waals surface area contributed by atoms with Gasteiger partial charge in [-0.3, -0.25) is 14.0 Å². The summed E-state index contributed by atoms with van der Waals surface area (Å²) in [6.45, 7) is 3.42. The SMILES string of the molecule is CC(C)(Oc1ccc(Cl)cc1)C(=O)NCc1nnc2c(=O)[nH]ccn12. The lowest BCUT2D eigenvalue weighted by atomic mass is 10.1. The number of carbonyl (C=O) groups is 1. The zero-order valence-electron chi connectivity index (χ0n) is 13.6. The summed E-state index contributed by atoms with van der Waals surface area (Å²) in [5, 5.41) is 11.1. The summed E-state index contributed by atoms with van der Waals surface area (Å²) < 4.78 is 7.25. The molecule has 0 bridgehead atoms. The predicted octanol–water partition coefficient (Wildman–Crippen LogP) is 1.54. The van der Waals surface area contributed by atoms with Crippen molar-refractivity contribution in [2.75, 3.05) is 0 Å². The van der Waals surface area contributed by atoms with Gasteiger partial charge in [0.1, 0.15) is 5.75 Å². The Hall–Kier alpha value is -2.87. The fourth-order valence-corrected chi connectivity index (χ4v) is 2.35. The van der Waals surface area contributed by atoms with E-state index in [1.165, 1.54) is 10.6 Å². The molecule has 0 atom stereocenters. The van der Waals surface area contributed by atoms with Gasteiger partial charge in [-0.05, 0) is 38.1 Å². The first kappa shape index (κ1) is 17.0. The number of fused-ring (bicyclic) bond motifs is 1. The van der Waals surface area contributed by atoms with Gasteiger partial charge in [0.25, 0.3) is 11.5 Å². The molecule has 0 radical (unpaired) electrons. The molecule has 0 saturated carbocycles. The highest BCUT2D eigenvalue weighted by Crippen LogP contribution is 2.21. The van der Waals surface area contributed by atoms with Crippen molar-refractivity contribution in [2.24, 2.45) is 0 Å². The van der Waals surface area contributed by atoms with E-state index >= 15 is 0 Å². The standard InChI is InChI=1S/C16H16ClN5O3/c1-16(2,25-11-5-3-10(17)4-6-11)15(24)19-9-12-20-21-13-14(23)18-7-8-22(12)13/h3-8H,9H2,1-2H3,(H,18,23)(H,19,24). The normalized spacial score (nSPS) is 11.5. The first-order chi connectivity index (χ1) is 11.9. The van der Waals surface area contributed by atoms with Crippen LogP contribution >= 0.6 is 11.6 Å². The van der Waals surface area contributed by atoms with Gasteiger partial charge in [0, 0.05) is 17.4 Å². The van der Waals surface area contributed by atoms with Crippen LogP contribution in [0.25, 0.3) is 5.65 Å². The molecule has 2 aromatic heterocycles. The molecular weight excluding hydrogens is 346 g/mol. The summed E-state index contributed by atoms with van der Waals surface area (Å²) in [5.74, 6) is 0.643. The smallest absolute Gasteiger partial charge is 0.293 e. The number of halogens is 1. The molecule has 25 heavy (non-hydrogen) atoms. The third-order valence-electron chi connectivity index (χ3n) is 3.55. The number of hydrogen-bond acceptors (Lipinski definition) is 5. The summed E-state index contributed by atoms with van der Waals surface area (Å²) in [6.07, 6.45) is 3.10. The Labute approximate surface area is 147 Å². The minimum atomic E-state index is -1.11. The molecule has 0 saturated heterocycles. The Bertz CT molecular complexity index is 962. The zero-order chi connectivity index (χ0) is 18.0. The zero-order valence-corrected chi connectivity index (χ0v) is 14.4. The van der Waals surface area contributed by atoms with Gasteiger partial charge in [-0.15, -0.1) is 10.2 Å². The molecule has 2 N–H and O–H groups in total. The van der Waals surface area contributed by atoms with Crippen molar-refractivity contribution in [1.29, 1.82) is 0 Å². The number of hydrogen-bond donors (Lipinski definition) is 2. The second-order valence-electron chi connectivity index (χ2n) is 5.85. The third kappa shape index (κ3) is 3.63. The van der Waals surface area contributed by atoms with Crippen LogP contribution in [0.3, 0.4) is 0 Å². The van der Waals surface area contributed by atoms with E-state index in [1.54, 1.807) is 44.3 Å². The van der Waals surface area contributed by atoms with Gasteiger partial charge < -0.3 is 15.0 Å². The van der Waals surface area contributed by atoms with Crippen LogP contribution in [0, 0.1) is 0 Å². The van der Waals surface area contributed by atoms with Crippen molar-refractivity contribution in [2.45, 2.75) is 26.0 Å². The number of nitrogens with zero attached hydrogens (tertiary/aromatic N) is 3.